The lowest BCUT2D eigenvalue weighted by atomic mass is 9.80. The summed E-state index contributed by atoms with van der Waals surface area (Å²) in [5.74, 6) is -1.42. The third kappa shape index (κ3) is 3.45. The number of amides is 1. The first-order valence-electron chi connectivity index (χ1n) is 7.41. The van der Waals surface area contributed by atoms with Crippen LogP contribution in [0.1, 0.15) is 45.4 Å². The van der Waals surface area contributed by atoms with Crippen molar-refractivity contribution in [2.45, 2.75) is 63.7 Å². The maximum atomic E-state index is 12.6. The van der Waals surface area contributed by atoms with E-state index in [0.29, 0.717) is 19.4 Å². The van der Waals surface area contributed by atoms with Crippen molar-refractivity contribution in [2.24, 2.45) is 17.6 Å². The molecule has 20 heavy (non-hydrogen) atoms. The number of hydrogen-bond donors (Lipinski definition) is 1. The summed E-state index contributed by atoms with van der Waals surface area (Å²) in [6.07, 6.45) is -1.66. The Morgan fingerprint density at radius 2 is 1.75 bits per heavy atom. The number of carbonyl (C=O) groups excluding carboxylic acids is 1. The number of nitrogens with two attached hydrogens (primary N) is 1. The molecule has 1 aliphatic carbocycles. The standard InChI is InChI=1S/C14H23F3N2O/c1-9-8-12(18)6-7-19(9)13(20)10-2-4-11(5-3-10)14(15,16)17/h9-12H,2-8,18H2,1H3. The second kappa shape index (κ2) is 5.92. The predicted octanol–water partition coefficient (Wildman–Crippen LogP) is 2.69. The fraction of sp³-hybridized carbons (Fsp3) is 0.929. The Morgan fingerprint density at radius 1 is 1.15 bits per heavy atom. The minimum atomic E-state index is -4.11. The van der Waals surface area contributed by atoms with Crippen LogP contribution < -0.4 is 5.73 Å². The number of nitrogens with zero attached hydrogens (tertiary/aromatic N) is 1. The molecule has 2 aliphatic rings. The molecule has 0 aromatic rings. The molecule has 1 saturated heterocycles. The molecule has 2 rings (SSSR count). The number of hydrogen-bond acceptors (Lipinski definition) is 2. The van der Waals surface area contributed by atoms with Crippen molar-refractivity contribution in [3.8, 4) is 0 Å². The number of piperidine rings is 1. The van der Waals surface area contributed by atoms with Gasteiger partial charge in [0.1, 0.15) is 0 Å². The maximum absolute atomic E-state index is 12.6. The Bertz CT molecular complexity index is 351. The monoisotopic (exact) mass is 292 g/mol. The molecule has 2 atom stereocenters. The van der Waals surface area contributed by atoms with Crippen molar-refractivity contribution >= 4 is 5.91 Å². The Morgan fingerprint density at radius 3 is 2.25 bits per heavy atom. The zero-order chi connectivity index (χ0) is 14.9. The predicted molar refractivity (Wildman–Crippen MR) is 69.9 cm³/mol. The van der Waals surface area contributed by atoms with Gasteiger partial charge in [-0.2, -0.15) is 13.2 Å². The highest BCUT2D eigenvalue weighted by Crippen LogP contribution is 2.40. The molecule has 6 heteroatoms. The van der Waals surface area contributed by atoms with E-state index >= 15 is 0 Å². The highest BCUT2D eigenvalue weighted by molar-refractivity contribution is 5.79. The summed E-state index contributed by atoms with van der Waals surface area (Å²) in [6, 6.07) is 0.238. The van der Waals surface area contributed by atoms with E-state index in [1.165, 1.54) is 0 Å². The topological polar surface area (TPSA) is 46.3 Å². The van der Waals surface area contributed by atoms with Crippen molar-refractivity contribution in [1.29, 1.82) is 0 Å². The lowest BCUT2D eigenvalue weighted by Crippen LogP contribution is -2.50. The first-order chi connectivity index (χ1) is 9.29. The van der Waals surface area contributed by atoms with Gasteiger partial charge < -0.3 is 10.6 Å². The van der Waals surface area contributed by atoms with Crippen molar-refractivity contribution in [3.63, 3.8) is 0 Å². The normalized spacial score (nSPS) is 36.0. The molecule has 0 radical (unpaired) electrons. The zero-order valence-electron chi connectivity index (χ0n) is 11.8. The van der Waals surface area contributed by atoms with E-state index in [2.05, 4.69) is 0 Å². The molecule has 1 aliphatic heterocycles. The van der Waals surface area contributed by atoms with Crippen LogP contribution in [0.5, 0.6) is 0 Å². The summed E-state index contributed by atoms with van der Waals surface area (Å²) in [7, 11) is 0. The summed E-state index contributed by atoms with van der Waals surface area (Å²) >= 11 is 0. The summed E-state index contributed by atoms with van der Waals surface area (Å²) in [5, 5.41) is 0. The molecule has 116 valence electrons. The van der Waals surface area contributed by atoms with Crippen molar-refractivity contribution in [2.75, 3.05) is 6.54 Å². The van der Waals surface area contributed by atoms with Crippen LogP contribution in [0, 0.1) is 11.8 Å². The molecule has 1 saturated carbocycles. The van der Waals surface area contributed by atoms with E-state index < -0.39 is 12.1 Å². The summed E-state index contributed by atoms with van der Waals surface area (Å²) in [6.45, 7) is 2.61. The molecule has 2 N–H and O–H groups in total. The van der Waals surface area contributed by atoms with Crippen LogP contribution in [-0.2, 0) is 4.79 Å². The van der Waals surface area contributed by atoms with Crippen molar-refractivity contribution < 1.29 is 18.0 Å². The molecule has 1 amide bonds. The highest BCUT2D eigenvalue weighted by Gasteiger charge is 2.43. The van der Waals surface area contributed by atoms with Gasteiger partial charge in [0.2, 0.25) is 5.91 Å². The molecule has 1 heterocycles. The molecule has 0 aromatic carbocycles. The minimum absolute atomic E-state index is 0.0324. The highest BCUT2D eigenvalue weighted by atomic mass is 19.4. The lowest BCUT2D eigenvalue weighted by molar-refractivity contribution is -0.185. The van der Waals surface area contributed by atoms with Gasteiger partial charge in [0.05, 0.1) is 5.92 Å². The molecular weight excluding hydrogens is 269 g/mol. The summed E-state index contributed by atoms with van der Waals surface area (Å²) < 4.78 is 37.9. The average Bonchev–Trinajstić information content (AvgIpc) is 2.37. The van der Waals surface area contributed by atoms with Crippen molar-refractivity contribution in [1.82, 2.24) is 4.90 Å². The van der Waals surface area contributed by atoms with Gasteiger partial charge in [-0.1, -0.05) is 0 Å². The van der Waals surface area contributed by atoms with E-state index in [1.54, 1.807) is 0 Å². The van der Waals surface area contributed by atoms with Gasteiger partial charge in [-0.05, 0) is 45.4 Å². The van der Waals surface area contributed by atoms with Gasteiger partial charge in [-0.15, -0.1) is 0 Å². The number of rotatable bonds is 1. The van der Waals surface area contributed by atoms with Crippen LogP contribution in [0.2, 0.25) is 0 Å². The number of alkyl halides is 3. The minimum Gasteiger partial charge on any atom is -0.340 e. The fourth-order valence-electron chi connectivity index (χ4n) is 3.44. The van der Waals surface area contributed by atoms with Crippen LogP contribution in [-0.4, -0.2) is 35.6 Å². The number of likely N-dealkylation sites (tertiary alicyclic amines) is 1. The van der Waals surface area contributed by atoms with E-state index in [-0.39, 0.29) is 36.8 Å². The smallest absolute Gasteiger partial charge is 0.340 e. The molecule has 0 aromatic heterocycles. The summed E-state index contributed by atoms with van der Waals surface area (Å²) in [4.78, 5) is 14.3. The van der Waals surface area contributed by atoms with Gasteiger partial charge in [0.25, 0.3) is 0 Å². The molecule has 0 bridgehead atoms. The van der Waals surface area contributed by atoms with Crippen LogP contribution in [0.4, 0.5) is 13.2 Å². The first-order valence-corrected chi connectivity index (χ1v) is 7.41. The largest absolute Gasteiger partial charge is 0.391 e. The quantitative estimate of drug-likeness (QED) is 0.807. The average molecular weight is 292 g/mol. The van der Waals surface area contributed by atoms with Gasteiger partial charge in [-0.25, -0.2) is 0 Å². The van der Waals surface area contributed by atoms with E-state index in [0.717, 1.165) is 12.8 Å². The molecular formula is C14H23F3N2O. The van der Waals surface area contributed by atoms with Gasteiger partial charge >= 0.3 is 6.18 Å². The maximum Gasteiger partial charge on any atom is 0.391 e. The fourth-order valence-corrected chi connectivity index (χ4v) is 3.44. The van der Waals surface area contributed by atoms with Gasteiger partial charge in [0.15, 0.2) is 0 Å². The van der Waals surface area contributed by atoms with Crippen LogP contribution >= 0.6 is 0 Å². The SMILES string of the molecule is CC1CC(N)CCN1C(=O)C1CCC(C(F)(F)F)CC1. The Labute approximate surface area is 117 Å². The second-order valence-electron chi connectivity index (χ2n) is 6.26. The molecule has 3 nitrogen and oxygen atoms in total. The third-order valence-corrected chi connectivity index (χ3v) is 4.74. The van der Waals surface area contributed by atoms with Gasteiger partial charge in [0, 0.05) is 24.5 Å². The van der Waals surface area contributed by atoms with Crippen molar-refractivity contribution in [3.05, 3.63) is 0 Å². The second-order valence-corrected chi connectivity index (χ2v) is 6.26. The van der Waals surface area contributed by atoms with E-state index in [9.17, 15) is 18.0 Å². The Kier molecular flexibility index (Phi) is 4.62. The summed E-state index contributed by atoms with van der Waals surface area (Å²) in [5.41, 5.74) is 5.87. The Hall–Kier alpha value is -0.780. The Balaban J connectivity index is 1.89. The van der Waals surface area contributed by atoms with Gasteiger partial charge in [-0.3, -0.25) is 4.79 Å². The third-order valence-electron chi connectivity index (χ3n) is 4.74. The molecule has 2 unspecified atom stereocenters. The van der Waals surface area contributed by atoms with E-state index in [1.807, 2.05) is 11.8 Å². The van der Waals surface area contributed by atoms with Crippen LogP contribution in [0.15, 0.2) is 0 Å². The van der Waals surface area contributed by atoms with E-state index in [4.69, 9.17) is 5.73 Å². The lowest BCUT2D eigenvalue weighted by Gasteiger charge is -2.40. The first kappa shape index (κ1) is 15.6. The molecule has 2 fully saturated rings. The molecule has 0 spiro atoms. The van der Waals surface area contributed by atoms with Crippen LogP contribution in [0.25, 0.3) is 0 Å². The van der Waals surface area contributed by atoms with Crippen LogP contribution in [0.3, 0.4) is 0 Å². The number of halogens is 3. The number of carbonyl (C=O) groups is 1. The zero-order valence-corrected chi connectivity index (χ0v) is 11.8.